The molecule has 5 rings (SSSR count). The number of rotatable bonds is 45. The van der Waals surface area contributed by atoms with E-state index in [4.69, 9.17) is 62.0 Å². The molecule has 2 fully saturated rings. The molecule has 0 saturated carbocycles. The number of carbonyl (C=O) groups is 13. The Hall–Kier alpha value is -3.54. The van der Waals surface area contributed by atoms with E-state index >= 15 is 0 Å². The van der Waals surface area contributed by atoms with Gasteiger partial charge in [-0.05, 0) is 61.8 Å². The Bertz CT molecular complexity index is 3380. The van der Waals surface area contributed by atoms with Crippen molar-refractivity contribution in [1.82, 2.24) is 20.8 Å². The summed E-state index contributed by atoms with van der Waals surface area (Å²) in [6.45, 7) is -0.326. The summed E-state index contributed by atoms with van der Waals surface area (Å²) in [5.74, 6) is -4.07. The van der Waals surface area contributed by atoms with Crippen LogP contribution in [0.4, 0.5) is 0 Å². The predicted octanol–water partition coefficient (Wildman–Crippen LogP) is -15.7. The van der Waals surface area contributed by atoms with Gasteiger partial charge in [-0.15, -0.1) is 0 Å². The number of amides is 8. The number of hydrogen-bond donors (Lipinski definition) is 23. The number of aliphatic carboxylic acids is 3. The average Bonchev–Trinajstić information content (AvgIpc) is 1.81. The fraction of sp³-hybridized carbons (Fsp3) is 0.426. The number of primary amides is 2. The van der Waals surface area contributed by atoms with Gasteiger partial charge in [0.15, 0.2) is 5.78 Å². The van der Waals surface area contributed by atoms with Gasteiger partial charge in [0.2, 0.25) is 23.6 Å². The van der Waals surface area contributed by atoms with Crippen LogP contribution in [0.2, 0.25) is 0 Å². The monoisotopic (exact) mass is 1830 g/mol. The summed E-state index contributed by atoms with van der Waals surface area (Å²) in [6.07, 6.45) is 1.20. The second-order valence-electron chi connectivity index (χ2n) is 21.2. The molecule has 2 heterocycles. The first-order valence-electron chi connectivity index (χ1n) is 31.5. The normalized spacial score (nSPS) is 12.8. The van der Waals surface area contributed by atoms with Gasteiger partial charge in [0.25, 0.3) is 23.6 Å². The zero-order chi connectivity index (χ0) is 86.3. The van der Waals surface area contributed by atoms with Crippen LogP contribution in [0.5, 0.6) is 0 Å². The van der Waals surface area contributed by atoms with Crippen molar-refractivity contribution in [2.45, 2.75) is 87.8 Å². The van der Waals surface area contributed by atoms with E-state index < -0.39 is 107 Å². The molecule has 115 heavy (non-hydrogen) atoms. The maximum atomic E-state index is 12.0. The molecule has 0 radical (unpaired) electrons. The molecule has 0 aliphatic carbocycles. The fourth-order valence-corrected chi connectivity index (χ4v) is 14.6. The van der Waals surface area contributed by atoms with Gasteiger partial charge in [0.05, 0.1) is 37.7 Å². The number of carboxylic acids is 4. The van der Waals surface area contributed by atoms with Gasteiger partial charge in [0.1, 0.15) is 17.1 Å². The van der Waals surface area contributed by atoms with Crippen molar-refractivity contribution in [1.29, 1.82) is 0 Å². The smallest absolute Gasteiger partial charge is 0.691 e. The molecule has 43 nitrogen and oxygen atoms in total. The largest absolute Gasteiger partial charge is 1.00 e. The summed E-state index contributed by atoms with van der Waals surface area (Å²) in [6, 6.07) is 11.4. The molecule has 626 valence electrons. The molecule has 3 aromatic rings. The Kier molecular flexibility index (Phi) is 71.7. The van der Waals surface area contributed by atoms with Gasteiger partial charge in [-0.3, -0.25) is 77.7 Å². The van der Waals surface area contributed by atoms with Gasteiger partial charge in [-0.1, -0.05) is 107 Å². The van der Waals surface area contributed by atoms with Crippen molar-refractivity contribution >= 4 is 267 Å². The first-order chi connectivity index (χ1) is 53.2. The molecular weight excluding hydrogens is 1760 g/mol. The molecule has 23 N–H and O–H groups in total. The van der Waals surface area contributed by atoms with Crippen molar-refractivity contribution in [3.8, 4) is 0 Å². The molecule has 2 aliphatic rings. The van der Waals surface area contributed by atoms with Gasteiger partial charge in [0, 0.05) is 110 Å². The summed E-state index contributed by atoms with van der Waals surface area (Å²) in [7, 11) is -2.38. The maximum Gasteiger partial charge on any atom is 1.00 e. The van der Waals surface area contributed by atoms with Crippen LogP contribution < -0.4 is 125 Å². The predicted molar refractivity (Wildman–Crippen MR) is 422 cm³/mol. The van der Waals surface area contributed by atoms with Crippen LogP contribution in [0.15, 0.2) is 54.6 Å². The summed E-state index contributed by atoms with van der Waals surface area (Å²) >= 11 is 8.21. The number of nitrogens with zero attached hydrogens (tertiary/aromatic N) is 2. The molecule has 2 unspecified atom stereocenters. The van der Waals surface area contributed by atoms with Crippen molar-refractivity contribution in [2.24, 2.45) is 11.5 Å². The summed E-state index contributed by atoms with van der Waals surface area (Å²) < 4.78 is 7.88. The average molecular weight is 1830 g/mol. The van der Waals surface area contributed by atoms with E-state index in [0.717, 1.165) is 18.2 Å². The molecule has 0 spiro atoms. The first kappa shape index (κ1) is 118. The Morgan fingerprint density at radius 2 is 0.765 bits per heavy atom. The van der Waals surface area contributed by atoms with Crippen molar-refractivity contribution in [2.75, 3.05) is 52.6 Å². The van der Waals surface area contributed by atoms with E-state index in [0.29, 0.717) is 99.1 Å². The van der Waals surface area contributed by atoms with E-state index in [2.05, 4.69) is 54.6 Å². The molecule has 2 atom stereocenters. The Morgan fingerprint density at radius 3 is 1.04 bits per heavy atom. The summed E-state index contributed by atoms with van der Waals surface area (Å²) in [5.41, 5.74) is 10.4. The number of hydrogen-bond acceptors (Lipinski definition) is 43. The number of imide groups is 2. The topological polar surface area (TPSA) is 741 Å². The van der Waals surface area contributed by atoms with Crippen molar-refractivity contribution < 1.29 is 241 Å². The van der Waals surface area contributed by atoms with Crippen LogP contribution in [0.25, 0.3) is 0 Å². The van der Waals surface area contributed by atoms with Crippen LogP contribution in [-0.4, -0.2) is 279 Å². The zero-order valence-electron chi connectivity index (χ0n) is 60.6. The molecular formula is C54H78B6N6Na2O37S10. The van der Waals surface area contributed by atoms with Crippen molar-refractivity contribution in [3.05, 3.63) is 71.3 Å². The molecule has 3 aromatic carbocycles. The second kappa shape index (κ2) is 70.0. The number of ketones is 1. The number of nitrogens with two attached hydrogens (primary N) is 2. The van der Waals surface area contributed by atoms with Gasteiger partial charge < -0.3 is 113 Å². The van der Waals surface area contributed by atoms with Crippen LogP contribution in [0.1, 0.15) is 85.7 Å². The molecule has 0 bridgehead atoms. The zero-order valence-corrected chi connectivity index (χ0v) is 73.0. The van der Waals surface area contributed by atoms with Gasteiger partial charge in [-0.25, -0.2) is 4.79 Å². The second-order valence-corrected chi connectivity index (χ2v) is 32.0. The standard InChI is InChI=1S/C18H24B2N2O12S3.C13H19B2NO7S2.C7H8B2O6.C6H11NO3S2.C4H5NO6S.C3H7NOS.C3H6O2S.2Na/c23-14(10-32-22-17(25)8-15(18(22)26)37-34-33-31)1-3-35-36-4-2-16(24)21-9-11-5-12(19(27)28)7-13(6-11)20(29)30;17-12(1-3-24-25-4-2-13(18)19)16-8-9-5-10(14(20)21)7-11(6-9)15(22)23;10-7(11)4-1-5(8(12)13)3-6(2-4)9(14)15;7-5(8)1-3-11-12-4-2-6(9)10;6-3-1-2(12-11-10-9)4(7)5(3)8;2*4-3(5)1-2-6;;/h5-7,15,27-31H,1-4,8-10H2,(H,21,24);5-7,20-23H,1-4,8H2,(H,16,17)(H,18,19);1-3,12-15H,(H,10,11);1-4H2,(H2,7,8)(H,9,10);2,8-9H,1H2;6H,1-2H2,(H2,4,5);6H,1-2H2,(H,4,5);;/q;;;;;;;2*+1/p-2. The van der Waals surface area contributed by atoms with Gasteiger partial charge >= 0.3 is 126 Å². The molecule has 2 aliphatic heterocycles. The Morgan fingerprint density at radius 1 is 0.452 bits per heavy atom. The van der Waals surface area contributed by atoms with E-state index in [1.807, 2.05) is 0 Å². The molecule has 61 heteroatoms. The minimum atomic E-state index is -1.86. The number of benzene rings is 3. The van der Waals surface area contributed by atoms with E-state index in [1.54, 1.807) is 0 Å². The number of nitrogens with one attached hydrogen (secondary N) is 2. The Labute approximate surface area is 744 Å². The number of carbonyl (C=O) groups excluding carboxylic acids is 9. The number of hydroxylamine groups is 4. The molecule has 0 aromatic heterocycles. The van der Waals surface area contributed by atoms with E-state index in [-0.39, 0.29) is 196 Å². The quantitative estimate of drug-likeness (QED) is 0.00288. The molecule has 2 saturated heterocycles. The molecule has 8 amide bonds. The minimum absolute atomic E-state index is 0. The third-order valence-electron chi connectivity index (χ3n) is 12.4. The fourth-order valence-electron chi connectivity index (χ4n) is 7.15. The van der Waals surface area contributed by atoms with Crippen LogP contribution >= 0.6 is 114 Å². The van der Waals surface area contributed by atoms with Crippen molar-refractivity contribution in [3.63, 3.8) is 0 Å². The SMILES string of the molecule is NC(=O)CCS.NC(=O)CCSSCCC(=O)O.O=C(CCSSCCC(=O)NCc1cc(B(O)O)cc(B(O)O)c1)CON1C(=O)CC(SOO[O-])C1=O.O=C(O)CCS.O=C(O)CCSSCCC(=O)NCc1cc(B(O)O)cc(B(O)O)c1.O=C(O)c1cc(B(O)O)cc(B(O)O)c1.O=C1CC(SOO[O-])C(=O)N1O.[Na+].[Na+]. The number of thiol groups is 2. The number of aromatic carboxylic acids is 1. The summed E-state index contributed by atoms with van der Waals surface area (Å²) in [5, 5.41) is 181. The Balaban J connectivity index is -0.000000683. The van der Waals surface area contributed by atoms with Crippen LogP contribution in [-0.2, 0) is 94.2 Å². The van der Waals surface area contributed by atoms with Crippen LogP contribution in [0.3, 0.4) is 0 Å². The third-order valence-corrected chi connectivity index (χ3v) is 21.5. The van der Waals surface area contributed by atoms with E-state index in [9.17, 15) is 113 Å². The first-order valence-corrected chi connectivity index (χ1v) is 41.8. The number of carboxylic acid groups (broad SMARTS) is 4. The van der Waals surface area contributed by atoms with E-state index in [1.165, 1.54) is 101 Å². The maximum absolute atomic E-state index is 12.0. The third kappa shape index (κ3) is 59.0. The minimum Gasteiger partial charge on any atom is -0.691 e. The number of Topliss-reactive ketones (excluding diaryl/α,β-unsaturated/α-hetero) is 1. The summed E-state index contributed by atoms with van der Waals surface area (Å²) in [4.78, 5) is 147. The van der Waals surface area contributed by atoms with Gasteiger partial charge in [-0.2, -0.15) is 44.1 Å². The van der Waals surface area contributed by atoms with Crippen LogP contribution in [0, 0.1) is 0 Å².